The highest BCUT2D eigenvalue weighted by Gasteiger charge is 2.09. The molecule has 1 aromatic heterocycles. The van der Waals surface area contributed by atoms with Crippen LogP contribution in [0.4, 0.5) is 0 Å². The molecular formula is C11H13N3O5S. The number of aryl methyl sites for hydroxylation is 1. The third-order valence-electron chi connectivity index (χ3n) is 2.14. The number of terminal acetylenes is 1. The van der Waals surface area contributed by atoms with E-state index in [0.29, 0.717) is 18.5 Å². The van der Waals surface area contributed by atoms with Gasteiger partial charge in [0.25, 0.3) is 5.91 Å². The van der Waals surface area contributed by atoms with E-state index >= 15 is 0 Å². The van der Waals surface area contributed by atoms with E-state index in [1.807, 2.05) is 0 Å². The van der Waals surface area contributed by atoms with Crippen LogP contribution in [0.25, 0.3) is 0 Å². The summed E-state index contributed by atoms with van der Waals surface area (Å²) in [5.74, 6) is 1.95. The second kappa shape index (κ2) is 7.54. The molecule has 0 fully saturated rings. The van der Waals surface area contributed by atoms with Crippen LogP contribution in [0.5, 0.6) is 0 Å². The van der Waals surface area contributed by atoms with Crippen molar-refractivity contribution in [3.8, 4) is 12.3 Å². The van der Waals surface area contributed by atoms with E-state index in [1.165, 1.54) is 10.9 Å². The van der Waals surface area contributed by atoms with E-state index in [1.54, 1.807) is 12.3 Å². The van der Waals surface area contributed by atoms with Gasteiger partial charge in [-0.1, -0.05) is 10.6 Å². The van der Waals surface area contributed by atoms with E-state index in [0.717, 1.165) is 0 Å². The number of amides is 1. The highest BCUT2D eigenvalue weighted by atomic mass is 32.3. The average molecular weight is 299 g/mol. The maximum Gasteiger partial charge on any atom is 0.254 e. The standard InChI is InChI=1S/C11H13N3O5S/c1-2-5-12-11(15)10-4-7-14(13-9-10)6-3-8-19-20(16,17)18/h1,4,7,9H,3,5-6,8H2,(H-,12,15,16,17,18). The van der Waals surface area contributed by atoms with Gasteiger partial charge >= 0.3 is 0 Å². The van der Waals surface area contributed by atoms with Gasteiger partial charge in [-0.3, -0.25) is 8.98 Å². The molecule has 1 rings (SSSR count). The summed E-state index contributed by atoms with van der Waals surface area (Å²) in [7, 11) is -4.65. The van der Waals surface area contributed by atoms with E-state index in [-0.39, 0.29) is 19.1 Å². The van der Waals surface area contributed by atoms with Gasteiger partial charge in [0.2, 0.25) is 10.4 Å². The van der Waals surface area contributed by atoms with Crippen molar-refractivity contribution in [1.29, 1.82) is 0 Å². The maximum atomic E-state index is 11.5. The molecule has 0 aliphatic carbocycles. The Morgan fingerprint density at radius 1 is 1.60 bits per heavy atom. The summed E-state index contributed by atoms with van der Waals surface area (Å²) >= 11 is 0. The fourth-order valence-corrected chi connectivity index (χ4v) is 1.59. The molecule has 108 valence electrons. The Bertz CT molecular complexity index is 591. The lowest BCUT2D eigenvalue weighted by Crippen LogP contribution is -2.38. The number of nitrogens with one attached hydrogen (secondary N) is 1. The molecule has 0 aromatic carbocycles. The lowest BCUT2D eigenvalue weighted by Gasteiger charge is -2.05. The van der Waals surface area contributed by atoms with E-state index in [4.69, 9.17) is 6.42 Å². The molecule has 1 amide bonds. The van der Waals surface area contributed by atoms with Crippen LogP contribution >= 0.6 is 0 Å². The fourth-order valence-electron chi connectivity index (χ4n) is 1.27. The monoisotopic (exact) mass is 299 g/mol. The molecule has 0 radical (unpaired) electrons. The van der Waals surface area contributed by atoms with Crippen molar-refractivity contribution in [1.82, 2.24) is 10.4 Å². The van der Waals surface area contributed by atoms with Gasteiger partial charge < -0.3 is 9.87 Å². The van der Waals surface area contributed by atoms with Crippen LogP contribution in [-0.4, -0.2) is 37.1 Å². The summed E-state index contributed by atoms with van der Waals surface area (Å²) in [6.45, 7) is 0.265. The minimum atomic E-state index is -4.65. The molecule has 1 N–H and O–H groups in total. The van der Waals surface area contributed by atoms with Crippen molar-refractivity contribution < 1.29 is 26.6 Å². The second-order valence-corrected chi connectivity index (χ2v) is 4.70. The highest BCUT2D eigenvalue weighted by Crippen LogP contribution is 1.93. The third kappa shape index (κ3) is 6.24. The highest BCUT2D eigenvalue weighted by molar-refractivity contribution is 7.80. The summed E-state index contributed by atoms with van der Waals surface area (Å²) in [5.41, 5.74) is 0.356. The molecule has 20 heavy (non-hydrogen) atoms. The zero-order chi connectivity index (χ0) is 15.0. The quantitative estimate of drug-likeness (QED) is 0.218. The zero-order valence-electron chi connectivity index (χ0n) is 10.5. The van der Waals surface area contributed by atoms with E-state index in [2.05, 4.69) is 20.5 Å². The van der Waals surface area contributed by atoms with Gasteiger partial charge in [0.15, 0.2) is 12.7 Å². The molecule has 0 aliphatic rings. The van der Waals surface area contributed by atoms with Crippen LogP contribution in [0.3, 0.4) is 0 Å². The summed E-state index contributed by atoms with van der Waals surface area (Å²) in [5, 5.41) is 6.45. The van der Waals surface area contributed by atoms with Crippen LogP contribution in [0.15, 0.2) is 18.5 Å². The zero-order valence-corrected chi connectivity index (χ0v) is 11.3. The number of carbonyl (C=O) groups excluding carboxylic acids is 1. The first-order valence-electron chi connectivity index (χ1n) is 5.60. The first-order valence-corrected chi connectivity index (χ1v) is 6.93. The van der Waals surface area contributed by atoms with Gasteiger partial charge in [-0.15, -0.1) is 6.42 Å². The SMILES string of the molecule is C#CCNC(=O)c1cc[n+](CCCOS(=O)(=O)[O-])nc1. The Kier molecular flexibility index (Phi) is 6.05. The topological polar surface area (TPSA) is 112 Å². The third-order valence-corrected chi connectivity index (χ3v) is 2.60. The number of carbonyl (C=O) groups is 1. The number of hydrogen-bond donors (Lipinski definition) is 1. The van der Waals surface area contributed by atoms with E-state index in [9.17, 15) is 17.8 Å². The summed E-state index contributed by atoms with van der Waals surface area (Å²) in [6, 6.07) is 1.55. The summed E-state index contributed by atoms with van der Waals surface area (Å²) in [4.78, 5) is 11.5. The second-order valence-electron chi connectivity index (χ2n) is 3.65. The predicted octanol–water partition coefficient (Wildman–Crippen LogP) is -1.40. The number of hydrogen-bond acceptors (Lipinski definition) is 6. The molecule has 0 spiro atoms. The molecular weight excluding hydrogens is 286 g/mol. The molecule has 1 aromatic rings. The fraction of sp³-hybridized carbons (Fsp3) is 0.364. The predicted molar refractivity (Wildman–Crippen MR) is 65.9 cm³/mol. The average Bonchev–Trinajstić information content (AvgIpc) is 2.40. The summed E-state index contributed by atoms with van der Waals surface area (Å²) < 4.78 is 36.1. The Balaban J connectivity index is 2.43. The first kappa shape index (κ1) is 16.0. The molecule has 0 aliphatic heterocycles. The molecule has 9 heteroatoms. The minimum absolute atomic E-state index is 0.134. The number of nitrogens with zero attached hydrogens (tertiary/aromatic N) is 2. The first-order chi connectivity index (χ1) is 9.42. The Labute approximate surface area is 116 Å². The lowest BCUT2D eigenvalue weighted by molar-refractivity contribution is -0.754. The van der Waals surface area contributed by atoms with Crippen molar-refractivity contribution in [2.75, 3.05) is 13.2 Å². The Morgan fingerprint density at radius 2 is 2.35 bits per heavy atom. The minimum Gasteiger partial charge on any atom is -0.726 e. The van der Waals surface area contributed by atoms with Crippen molar-refractivity contribution >= 4 is 16.3 Å². The van der Waals surface area contributed by atoms with Crippen LogP contribution in [-0.2, 0) is 21.1 Å². The normalized spacial score (nSPS) is 10.8. The Hall–Kier alpha value is -2.02. The van der Waals surface area contributed by atoms with Gasteiger partial charge in [0.1, 0.15) is 6.20 Å². The van der Waals surface area contributed by atoms with Crippen LogP contribution in [0, 0.1) is 12.3 Å². The van der Waals surface area contributed by atoms with Gasteiger partial charge in [0, 0.05) is 12.5 Å². The number of aromatic nitrogens is 2. The molecule has 0 saturated carbocycles. The Morgan fingerprint density at radius 3 is 2.90 bits per heavy atom. The van der Waals surface area contributed by atoms with Crippen molar-refractivity contribution in [3.63, 3.8) is 0 Å². The van der Waals surface area contributed by atoms with Crippen molar-refractivity contribution in [3.05, 3.63) is 24.0 Å². The number of rotatable bonds is 7. The summed E-state index contributed by atoms with van der Waals surface area (Å²) in [6.07, 6.45) is 8.22. The van der Waals surface area contributed by atoms with Gasteiger partial charge in [-0.05, 0) is 5.10 Å². The molecule has 1 heterocycles. The van der Waals surface area contributed by atoms with Gasteiger partial charge in [0.05, 0.1) is 18.7 Å². The smallest absolute Gasteiger partial charge is 0.254 e. The van der Waals surface area contributed by atoms with Crippen molar-refractivity contribution in [2.45, 2.75) is 13.0 Å². The molecule has 0 saturated heterocycles. The van der Waals surface area contributed by atoms with Gasteiger partial charge in [-0.2, -0.15) is 0 Å². The largest absolute Gasteiger partial charge is 0.726 e. The molecule has 0 atom stereocenters. The molecule has 8 nitrogen and oxygen atoms in total. The molecule has 0 bridgehead atoms. The maximum absolute atomic E-state index is 11.5. The van der Waals surface area contributed by atoms with E-state index < -0.39 is 10.4 Å². The molecule has 0 unspecified atom stereocenters. The van der Waals surface area contributed by atoms with Gasteiger partial charge in [-0.25, -0.2) is 8.42 Å². The lowest BCUT2D eigenvalue weighted by atomic mass is 10.3. The van der Waals surface area contributed by atoms with Crippen LogP contribution in [0.2, 0.25) is 0 Å². The van der Waals surface area contributed by atoms with Crippen molar-refractivity contribution in [2.24, 2.45) is 0 Å². The van der Waals surface area contributed by atoms with Crippen LogP contribution in [0.1, 0.15) is 16.8 Å². The van der Waals surface area contributed by atoms with Crippen LogP contribution < -0.4 is 10.00 Å².